The van der Waals surface area contributed by atoms with Crippen LogP contribution >= 0.6 is 0 Å². The SMILES string of the molecule is COC(=O)c1cccc(OC[C@H](C)Nc2cnn(Cc3ccc(OC)cc3)c(=O)c2C(F)(F)F)c1. The number of carbonyl (C=O) groups excluding carboxylic acids is 1. The monoisotopic (exact) mass is 491 g/mol. The first-order chi connectivity index (χ1) is 16.6. The number of carbonyl (C=O) groups is 1. The van der Waals surface area contributed by atoms with Gasteiger partial charge in [0.1, 0.15) is 23.7 Å². The van der Waals surface area contributed by atoms with Gasteiger partial charge in [-0.05, 0) is 42.8 Å². The molecule has 0 aliphatic carbocycles. The van der Waals surface area contributed by atoms with Gasteiger partial charge in [0.05, 0.1) is 44.3 Å². The lowest BCUT2D eigenvalue weighted by atomic mass is 10.2. The number of benzene rings is 2. The van der Waals surface area contributed by atoms with Crippen molar-refractivity contribution in [2.24, 2.45) is 0 Å². The topological polar surface area (TPSA) is 91.7 Å². The zero-order valence-electron chi connectivity index (χ0n) is 19.3. The van der Waals surface area contributed by atoms with Gasteiger partial charge < -0.3 is 19.5 Å². The Kier molecular flexibility index (Phi) is 8.00. The predicted octanol–water partition coefficient (Wildman–Crippen LogP) is 3.99. The highest BCUT2D eigenvalue weighted by molar-refractivity contribution is 5.89. The van der Waals surface area contributed by atoms with Crippen molar-refractivity contribution in [1.82, 2.24) is 9.78 Å². The number of esters is 1. The molecule has 0 aliphatic rings. The second-order valence-corrected chi connectivity index (χ2v) is 7.62. The summed E-state index contributed by atoms with van der Waals surface area (Å²) in [5.74, 6) is 0.376. The maximum absolute atomic E-state index is 13.8. The predicted molar refractivity (Wildman–Crippen MR) is 122 cm³/mol. The molecule has 0 saturated heterocycles. The number of nitrogens with zero attached hydrogens (tertiary/aromatic N) is 2. The minimum atomic E-state index is -4.90. The Morgan fingerprint density at radius 3 is 2.46 bits per heavy atom. The summed E-state index contributed by atoms with van der Waals surface area (Å²) in [6.45, 7) is 1.41. The Hall–Kier alpha value is -4.02. The summed E-state index contributed by atoms with van der Waals surface area (Å²) in [5.41, 5.74) is -2.20. The van der Waals surface area contributed by atoms with Crippen molar-refractivity contribution >= 4 is 11.7 Å². The maximum atomic E-state index is 13.8. The number of methoxy groups -OCH3 is 2. The number of nitrogens with one attached hydrogen (secondary N) is 1. The fourth-order valence-corrected chi connectivity index (χ4v) is 3.25. The van der Waals surface area contributed by atoms with Gasteiger partial charge in [0.25, 0.3) is 5.56 Å². The van der Waals surface area contributed by atoms with Crippen LogP contribution in [0.15, 0.2) is 59.5 Å². The van der Waals surface area contributed by atoms with Crippen molar-refractivity contribution in [1.29, 1.82) is 0 Å². The summed E-state index contributed by atoms with van der Waals surface area (Å²) in [7, 11) is 2.74. The van der Waals surface area contributed by atoms with E-state index < -0.39 is 35.0 Å². The van der Waals surface area contributed by atoms with E-state index in [9.17, 15) is 22.8 Å². The van der Waals surface area contributed by atoms with Crippen LogP contribution in [0.4, 0.5) is 18.9 Å². The molecule has 1 atom stereocenters. The van der Waals surface area contributed by atoms with Crippen LogP contribution in [0.2, 0.25) is 0 Å². The van der Waals surface area contributed by atoms with Crippen molar-refractivity contribution in [3.05, 3.63) is 81.8 Å². The molecule has 0 saturated carbocycles. The lowest BCUT2D eigenvalue weighted by molar-refractivity contribution is -0.138. The molecule has 0 radical (unpaired) electrons. The van der Waals surface area contributed by atoms with Crippen molar-refractivity contribution in [2.45, 2.75) is 25.7 Å². The van der Waals surface area contributed by atoms with Crippen LogP contribution in [-0.2, 0) is 17.5 Å². The molecule has 2 aromatic carbocycles. The van der Waals surface area contributed by atoms with Crippen LogP contribution in [-0.4, -0.2) is 42.6 Å². The molecule has 11 heteroatoms. The molecule has 3 rings (SSSR count). The molecule has 8 nitrogen and oxygen atoms in total. The molecule has 1 aromatic heterocycles. The zero-order valence-corrected chi connectivity index (χ0v) is 19.3. The molecule has 0 amide bonds. The van der Waals surface area contributed by atoms with E-state index >= 15 is 0 Å². The van der Waals surface area contributed by atoms with Crippen LogP contribution in [0.3, 0.4) is 0 Å². The molecule has 0 fully saturated rings. The fourth-order valence-electron chi connectivity index (χ4n) is 3.25. The average Bonchev–Trinajstić information content (AvgIpc) is 2.83. The zero-order chi connectivity index (χ0) is 25.6. The van der Waals surface area contributed by atoms with Gasteiger partial charge in [-0.25, -0.2) is 9.48 Å². The standard InChI is InChI=1S/C24H24F3N3O5/c1-15(14-35-19-6-4-5-17(11-19)23(32)34-3)29-20-12-28-30(22(31)21(20)24(25,26)27)13-16-7-9-18(33-2)10-8-16/h4-12,15,29H,13-14H2,1-3H3/t15-/m0/s1. The number of anilines is 1. The molecule has 0 bridgehead atoms. The van der Waals surface area contributed by atoms with Gasteiger partial charge in [-0.1, -0.05) is 18.2 Å². The van der Waals surface area contributed by atoms with E-state index in [1.54, 1.807) is 49.4 Å². The van der Waals surface area contributed by atoms with Gasteiger partial charge in [0, 0.05) is 0 Å². The minimum Gasteiger partial charge on any atom is -0.497 e. The summed E-state index contributed by atoms with van der Waals surface area (Å²) in [6.07, 6.45) is -3.93. The first-order valence-corrected chi connectivity index (χ1v) is 10.5. The van der Waals surface area contributed by atoms with Crippen molar-refractivity contribution in [3.63, 3.8) is 0 Å². The smallest absolute Gasteiger partial charge is 0.423 e. The van der Waals surface area contributed by atoms with Crippen molar-refractivity contribution < 1.29 is 32.2 Å². The molecule has 0 spiro atoms. The Labute approximate surface area is 199 Å². The van der Waals surface area contributed by atoms with E-state index in [0.717, 1.165) is 10.9 Å². The number of aromatic nitrogens is 2. The minimum absolute atomic E-state index is 0.0448. The van der Waals surface area contributed by atoms with Gasteiger partial charge in [-0.15, -0.1) is 0 Å². The summed E-state index contributed by atoms with van der Waals surface area (Å²) in [5, 5.41) is 6.57. The normalized spacial score (nSPS) is 12.1. The highest BCUT2D eigenvalue weighted by atomic mass is 19.4. The van der Waals surface area contributed by atoms with Crippen LogP contribution in [0.1, 0.15) is 28.4 Å². The number of halogens is 3. The Morgan fingerprint density at radius 1 is 1.11 bits per heavy atom. The quantitative estimate of drug-likeness (QED) is 0.453. The summed E-state index contributed by atoms with van der Waals surface area (Å²) >= 11 is 0. The molecule has 0 aliphatic heterocycles. The molecule has 1 N–H and O–H groups in total. The molecule has 186 valence electrons. The largest absolute Gasteiger partial charge is 0.497 e. The van der Waals surface area contributed by atoms with Crippen LogP contribution in [0.25, 0.3) is 0 Å². The Morgan fingerprint density at radius 2 is 1.83 bits per heavy atom. The third-order valence-electron chi connectivity index (χ3n) is 4.98. The maximum Gasteiger partial charge on any atom is 0.423 e. The van der Waals surface area contributed by atoms with E-state index in [-0.39, 0.29) is 18.7 Å². The van der Waals surface area contributed by atoms with E-state index in [4.69, 9.17) is 9.47 Å². The number of hydrogen-bond acceptors (Lipinski definition) is 7. The number of ether oxygens (including phenoxy) is 3. The molecule has 3 aromatic rings. The van der Waals surface area contributed by atoms with Gasteiger partial charge in [0.15, 0.2) is 0 Å². The van der Waals surface area contributed by atoms with Gasteiger partial charge in [-0.2, -0.15) is 18.3 Å². The number of rotatable bonds is 9. The summed E-state index contributed by atoms with van der Waals surface area (Å²) < 4.78 is 57.5. The lowest BCUT2D eigenvalue weighted by Gasteiger charge is -2.20. The Bertz CT molecular complexity index is 1230. The van der Waals surface area contributed by atoms with Crippen LogP contribution < -0.4 is 20.3 Å². The second kappa shape index (κ2) is 10.9. The summed E-state index contributed by atoms with van der Waals surface area (Å²) in [4.78, 5) is 24.3. The van der Waals surface area contributed by atoms with Crippen LogP contribution in [0, 0.1) is 0 Å². The van der Waals surface area contributed by atoms with Gasteiger partial charge in [-0.3, -0.25) is 4.79 Å². The molecular weight excluding hydrogens is 467 g/mol. The van der Waals surface area contributed by atoms with Gasteiger partial charge in [0.2, 0.25) is 0 Å². The van der Waals surface area contributed by atoms with E-state index in [1.165, 1.54) is 20.3 Å². The molecule has 1 heterocycles. The van der Waals surface area contributed by atoms with E-state index in [2.05, 4.69) is 15.2 Å². The van der Waals surface area contributed by atoms with E-state index in [1.807, 2.05) is 0 Å². The first kappa shape index (κ1) is 25.6. The third-order valence-corrected chi connectivity index (χ3v) is 4.98. The van der Waals surface area contributed by atoms with E-state index in [0.29, 0.717) is 17.1 Å². The van der Waals surface area contributed by atoms with Crippen LogP contribution in [0.5, 0.6) is 11.5 Å². The number of alkyl halides is 3. The lowest BCUT2D eigenvalue weighted by Crippen LogP contribution is -2.34. The highest BCUT2D eigenvalue weighted by Crippen LogP contribution is 2.32. The van der Waals surface area contributed by atoms with Crippen molar-refractivity contribution in [2.75, 3.05) is 26.1 Å². The Balaban J connectivity index is 1.76. The van der Waals surface area contributed by atoms with Crippen molar-refractivity contribution in [3.8, 4) is 11.5 Å². The molecule has 0 unspecified atom stereocenters. The molecule has 35 heavy (non-hydrogen) atoms. The average molecular weight is 491 g/mol. The molecular formula is C24H24F3N3O5. The summed E-state index contributed by atoms with van der Waals surface area (Å²) in [6, 6.07) is 12.1. The third kappa shape index (κ3) is 6.52. The highest BCUT2D eigenvalue weighted by Gasteiger charge is 2.38. The number of hydrogen-bond donors (Lipinski definition) is 1. The first-order valence-electron chi connectivity index (χ1n) is 10.5. The second-order valence-electron chi connectivity index (χ2n) is 7.62. The van der Waals surface area contributed by atoms with Gasteiger partial charge >= 0.3 is 12.1 Å². The fraction of sp³-hybridized carbons (Fsp3) is 0.292.